The van der Waals surface area contributed by atoms with E-state index in [1.807, 2.05) is 12.1 Å². The van der Waals surface area contributed by atoms with Crippen molar-refractivity contribution in [2.45, 2.75) is 6.54 Å². The number of aromatic nitrogens is 3. The molecule has 0 aliphatic carbocycles. The van der Waals surface area contributed by atoms with Crippen molar-refractivity contribution < 1.29 is 4.74 Å². The summed E-state index contributed by atoms with van der Waals surface area (Å²) in [5.74, 6) is 1.44. The molecule has 2 rings (SSSR count). The Bertz CT molecular complexity index is 608. The molecule has 6 nitrogen and oxygen atoms in total. The summed E-state index contributed by atoms with van der Waals surface area (Å²) < 4.78 is 5.27. The summed E-state index contributed by atoms with van der Waals surface area (Å²) in [6.07, 6.45) is 0. The number of anilines is 2. The third-order valence-electron chi connectivity index (χ3n) is 2.55. The maximum Gasteiger partial charge on any atom is 0.229 e. The topological polar surface area (TPSA) is 72.0 Å². The smallest absolute Gasteiger partial charge is 0.229 e. The van der Waals surface area contributed by atoms with Gasteiger partial charge in [0.25, 0.3) is 0 Å². The van der Waals surface area contributed by atoms with Gasteiger partial charge in [-0.3, -0.25) is 0 Å². The Morgan fingerprint density at radius 1 is 1.15 bits per heavy atom. The second-order valence-corrected chi connectivity index (χ2v) is 4.52. The highest BCUT2D eigenvalue weighted by Crippen LogP contribution is 2.26. The number of nitrogens with one attached hydrogen (secondary N) is 2. The van der Waals surface area contributed by atoms with Gasteiger partial charge in [-0.05, 0) is 23.7 Å². The van der Waals surface area contributed by atoms with E-state index >= 15 is 0 Å². The lowest BCUT2D eigenvalue weighted by molar-refractivity contribution is 0.410. The third-order valence-corrected chi connectivity index (χ3v) is 3.07. The fraction of sp³-hybridized carbons (Fsp3) is 0.250. The van der Waals surface area contributed by atoms with Gasteiger partial charge in [0.15, 0.2) is 0 Å². The summed E-state index contributed by atoms with van der Waals surface area (Å²) in [7, 11) is 3.29. The number of nitrogens with zero attached hydrogens (tertiary/aromatic N) is 3. The fourth-order valence-electron chi connectivity index (χ4n) is 1.61. The van der Waals surface area contributed by atoms with Crippen LogP contribution >= 0.6 is 23.2 Å². The van der Waals surface area contributed by atoms with E-state index in [-0.39, 0.29) is 5.28 Å². The predicted molar refractivity (Wildman–Crippen MR) is 79.7 cm³/mol. The molecule has 2 aromatic rings. The molecular weight excluding hydrogens is 301 g/mol. The highest BCUT2D eigenvalue weighted by atomic mass is 35.5. The van der Waals surface area contributed by atoms with E-state index in [0.717, 1.165) is 5.56 Å². The van der Waals surface area contributed by atoms with E-state index in [9.17, 15) is 0 Å². The number of hydrogen-bond donors (Lipinski definition) is 2. The molecule has 0 fully saturated rings. The average molecular weight is 314 g/mol. The average Bonchev–Trinajstić information content (AvgIpc) is 2.45. The molecule has 0 unspecified atom stereocenters. The Morgan fingerprint density at radius 3 is 2.60 bits per heavy atom. The fourth-order valence-corrected chi connectivity index (χ4v) is 2.00. The first-order valence-electron chi connectivity index (χ1n) is 5.78. The minimum atomic E-state index is 0.109. The van der Waals surface area contributed by atoms with Crippen LogP contribution in [0.5, 0.6) is 5.75 Å². The first-order chi connectivity index (χ1) is 9.63. The number of hydrogen-bond acceptors (Lipinski definition) is 6. The summed E-state index contributed by atoms with van der Waals surface area (Å²) in [5, 5.41) is 6.56. The Labute approximate surface area is 126 Å². The molecule has 1 heterocycles. The van der Waals surface area contributed by atoms with Crippen LogP contribution in [0.2, 0.25) is 10.3 Å². The zero-order valence-corrected chi connectivity index (χ0v) is 12.5. The van der Waals surface area contributed by atoms with Crippen molar-refractivity contribution in [3.63, 3.8) is 0 Å². The molecule has 106 valence electrons. The minimum Gasteiger partial charge on any atom is -0.496 e. The number of halogens is 2. The van der Waals surface area contributed by atoms with Crippen molar-refractivity contribution >= 4 is 35.1 Å². The van der Waals surface area contributed by atoms with Gasteiger partial charge in [-0.2, -0.15) is 15.0 Å². The van der Waals surface area contributed by atoms with Crippen LogP contribution in [0.15, 0.2) is 18.2 Å². The van der Waals surface area contributed by atoms with E-state index in [4.69, 9.17) is 27.9 Å². The lowest BCUT2D eigenvalue weighted by Crippen LogP contribution is -2.08. The molecule has 0 spiro atoms. The van der Waals surface area contributed by atoms with Crippen molar-refractivity contribution in [2.75, 3.05) is 24.8 Å². The summed E-state index contributed by atoms with van der Waals surface area (Å²) >= 11 is 12.0. The number of ether oxygens (including phenoxy) is 1. The SMILES string of the molecule is CNc1nc(Cl)nc(NCc2c(Cl)cccc2OC)n1. The quantitative estimate of drug-likeness (QED) is 0.884. The highest BCUT2D eigenvalue weighted by Gasteiger charge is 2.09. The maximum atomic E-state index is 6.15. The van der Waals surface area contributed by atoms with Gasteiger partial charge in [-0.15, -0.1) is 0 Å². The van der Waals surface area contributed by atoms with Crippen LogP contribution in [0, 0.1) is 0 Å². The lowest BCUT2D eigenvalue weighted by atomic mass is 10.2. The predicted octanol–water partition coefficient (Wildman–Crippen LogP) is 2.84. The van der Waals surface area contributed by atoms with E-state index in [1.54, 1.807) is 20.2 Å². The van der Waals surface area contributed by atoms with E-state index in [2.05, 4.69) is 25.6 Å². The van der Waals surface area contributed by atoms with Crippen LogP contribution in [0.1, 0.15) is 5.56 Å². The molecule has 2 N–H and O–H groups in total. The standard InChI is InChI=1S/C12H13Cl2N5O/c1-15-11-17-10(14)18-12(19-11)16-6-7-8(13)4-3-5-9(7)20-2/h3-5H,6H2,1-2H3,(H2,15,16,17,18,19). The van der Waals surface area contributed by atoms with E-state index in [1.165, 1.54) is 0 Å². The zero-order valence-electron chi connectivity index (χ0n) is 10.9. The van der Waals surface area contributed by atoms with Gasteiger partial charge in [0.2, 0.25) is 17.2 Å². The second kappa shape index (κ2) is 6.58. The monoisotopic (exact) mass is 313 g/mol. The van der Waals surface area contributed by atoms with Gasteiger partial charge >= 0.3 is 0 Å². The molecule has 1 aromatic heterocycles. The van der Waals surface area contributed by atoms with Crippen LogP contribution in [0.4, 0.5) is 11.9 Å². The number of methoxy groups -OCH3 is 1. The Morgan fingerprint density at radius 2 is 1.90 bits per heavy atom. The summed E-state index contributed by atoms with van der Waals surface area (Å²) in [6, 6.07) is 5.45. The minimum absolute atomic E-state index is 0.109. The van der Waals surface area contributed by atoms with Gasteiger partial charge in [0.1, 0.15) is 5.75 Å². The van der Waals surface area contributed by atoms with Gasteiger partial charge in [-0.25, -0.2) is 0 Å². The molecule has 20 heavy (non-hydrogen) atoms. The van der Waals surface area contributed by atoms with E-state index in [0.29, 0.717) is 29.2 Å². The molecule has 0 saturated heterocycles. The van der Waals surface area contributed by atoms with Gasteiger partial charge in [0.05, 0.1) is 7.11 Å². The maximum absolute atomic E-state index is 6.15. The zero-order chi connectivity index (χ0) is 14.5. The molecule has 0 bridgehead atoms. The number of benzene rings is 1. The Balaban J connectivity index is 2.19. The largest absolute Gasteiger partial charge is 0.496 e. The van der Waals surface area contributed by atoms with Crippen LogP contribution in [0.25, 0.3) is 0 Å². The highest BCUT2D eigenvalue weighted by molar-refractivity contribution is 6.31. The molecule has 0 radical (unpaired) electrons. The van der Waals surface area contributed by atoms with Crippen molar-refractivity contribution in [3.8, 4) is 5.75 Å². The van der Waals surface area contributed by atoms with Crippen molar-refractivity contribution in [1.29, 1.82) is 0 Å². The summed E-state index contributed by atoms with van der Waals surface area (Å²) in [5.41, 5.74) is 0.819. The van der Waals surface area contributed by atoms with Crippen molar-refractivity contribution in [3.05, 3.63) is 34.1 Å². The molecular formula is C12H13Cl2N5O. The third kappa shape index (κ3) is 3.40. The lowest BCUT2D eigenvalue weighted by Gasteiger charge is -2.11. The Hall–Kier alpha value is -1.79. The van der Waals surface area contributed by atoms with Crippen molar-refractivity contribution in [2.24, 2.45) is 0 Å². The van der Waals surface area contributed by atoms with Crippen LogP contribution in [0.3, 0.4) is 0 Å². The first-order valence-corrected chi connectivity index (χ1v) is 6.54. The van der Waals surface area contributed by atoms with Crippen LogP contribution < -0.4 is 15.4 Å². The molecule has 8 heteroatoms. The second-order valence-electron chi connectivity index (χ2n) is 3.78. The van der Waals surface area contributed by atoms with Gasteiger partial charge < -0.3 is 15.4 Å². The van der Waals surface area contributed by atoms with Crippen molar-refractivity contribution in [1.82, 2.24) is 15.0 Å². The molecule has 0 saturated carbocycles. The molecule has 0 amide bonds. The van der Waals surface area contributed by atoms with E-state index < -0.39 is 0 Å². The molecule has 1 aromatic carbocycles. The molecule has 0 aliphatic rings. The molecule has 0 atom stereocenters. The molecule has 0 aliphatic heterocycles. The normalized spacial score (nSPS) is 10.2. The van der Waals surface area contributed by atoms with Crippen LogP contribution in [-0.4, -0.2) is 29.1 Å². The number of rotatable bonds is 5. The van der Waals surface area contributed by atoms with Gasteiger partial charge in [-0.1, -0.05) is 17.7 Å². The summed E-state index contributed by atoms with van der Waals surface area (Å²) in [4.78, 5) is 12.0. The first kappa shape index (κ1) is 14.6. The Kier molecular flexibility index (Phi) is 4.81. The summed E-state index contributed by atoms with van der Waals surface area (Å²) in [6.45, 7) is 0.409. The van der Waals surface area contributed by atoms with Gasteiger partial charge in [0, 0.05) is 24.2 Å². The van der Waals surface area contributed by atoms with Crippen LogP contribution in [-0.2, 0) is 6.54 Å².